The summed E-state index contributed by atoms with van der Waals surface area (Å²) in [5, 5.41) is 12.3. The summed E-state index contributed by atoms with van der Waals surface area (Å²) in [5.74, 6) is 2.03. The summed E-state index contributed by atoms with van der Waals surface area (Å²) in [5.41, 5.74) is 1.68. The summed E-state index contributed by atoms with van der Waals surface area (Å²) < 4.78 is 21.6. The number of carbonyl (C=O) groups is 1. The van der Waals surface area contributed by atoms with Gasteiger partial charge >= 0.3 is 0 Å². The van der Waals surface area contributed by atoms with E-state index in [0.29, 0.717) is 48.1 Å². The van der Waals surface area contributed by atoms with E-state index in [0.717, 1.165) is 18.4 Å². The minimum absolute atomic E-state index is 0.0157. The van der Waals surface area contributed by atoms with Crippen LogP contribution in [-0.4, -0.2) is 40.4 Å². The molecule has 0 radical (unpaired) electrons. The predicted molar refractivity (Wildman–Crippen MR) is 123 cm³/mol. The van der Waals surface area contributed by atoms with Crippen LogP contribution in [0.4, 0.5) is 0 Å². The van der Waals surface area contributed by atoms with Gasteiger partial charge in [0.2, 0.25) is 0 Å². The second-order valence-electron chi connectivity index (χ2n) is 6.98. The van der Waals surface area contributed by atoms with Crippen LogP contribution in [0, 0.1) is 11.3 Å². The van der Waals surface area contributed by atoms with E-state index in [-0.39, 0.29) is 5.57 Å². The standard InChI is InChI=1S/C25H30N2O5/c1-5-6-13-32-24-16-19(8-10-22(24)30-3)14-20(17-26)25(28)27-12-11-18-7-9-21(29-2)23(15-18)31-4/h7-10,14-16H,5-6,11-13H2,1-4H3,(H,27,28)/b20-14+. The molecule has 0 unspecified atom stereocenters. The van der Waals surface area contributed by atoms with E-state index in [2.05, 4.69) is 12.2 Å². The molecule has 0 aliphatic heterocycles. The van der Waals surface area contributed by atoms with E-state index in [1.165, 1.54) is 6.08 Å². The molecule has 170 valence electrons. The molecular formula is C25H30N2O5. The Labute approximate surface area is 189 Å². The minimum Gasteiger partial charge on any atom is -0.493 e. The lowest BCUT2D eigenvalue weighted by Gasteiger charge is -2.11. The Hall–Kier alpha value is -3.66. The van der Waals surface area contributed by atoms with E-state index < -0.39 is 5.91 Å². The zero-order valence-corrected chi connectivity index (χ0v) is 19.1. The zero-order chi connectivity index (χ0) is 23.3. The first-order chi connectivity index (χ1) is 15.6. The van der Waals surface area contributed by atoms with Gasteiger partial charge in [0.1, 0.15) is 11.6 Å². The number of nitrogens with zero attached hydrogens (tertiary/aromatic N) is 1. The van der Waals surface area contributed by atoms with Gasteiger partial charge in [-0.05, 0) is 54.3 Å². The Kier molecular flexibility index (Phi) is 9.92. The first-order valence-corrected chi connectivity index (χ1v) is 10.5. The predicted octanol–water partition coefficient (Wildman–Crippen LogP) is 4.16. The Morgan fingerprint density at radius 2 is 1.69 bits per heavy atom. The van der Waals surface area contributed by atoms with Crippen molar-refractivity contribution < 1.29 is 23.7 Å². The van der Waals surface area contributed by atoms with Crippen molar-refractivity contribution in [2.24, 2.45) is 0 Å². The second-order valence-corrected chi connectivity index (χ2v) is 6.98. The monoisotopic (exact) mass is 438 g/mol. The molecule has 2 rings (SSSR count). The zero-order valence-electron chi connectivity index (χ0n) is 19.1. The minimum atomic E-state index is -0.433. The van der Waals surface area contributed by atoms with Crippen LogP contribution in [0.2, 0.25) is 0 Å². The summed E-state index contributed by atoms with van der Waals surface area (Å²) in [6.07, 6.45) is 4.07. The number of hydrogen-bond donors (Lipinski definition) is 1. The Bertz CT molecular complexity index is 979. The molecule has 2 aromatic carbocycles. The Balaban J connectivity index is 2.04. The van der Waals surface area contributed by atoms with Gasteiger partial charge in [-0.3, -0.25) is 4.79 Å². The lowest BCUT2D eigenvalue weighted by atomic mass is 10.1. The molecule has 0 heterocycles. The van der Waals surface area contributed by atoms with Crippen LogP contribution < -0.4 is 24.3 Å². The van der Waals surface area contributed by atoms with Gasteiger partial charge in [0.25, 0.3) is 5.91 Å². The number of hydrogen-bond acceptors (Lipinski definition) is 6. The van der Waals surface area contributed by atoms with Crippen molar-refractivity contribution >= 4 is 12.0 Å². The fourth-order valence-electron chi connectivity index (χ4n) is 2.99. The van der Waals surface area contributed by atoms with Crippen LogP contribution in [0.1, 0.15) is 30.9 Å². The maximum Gasteiger partial charge on any atom is 0.261 e. The molecule has 7 heteroatoms. The molecule has 7 nitrogen and oxygen atoms in total. The van der Waals surface area contributed by atoms with Gasteiger partial charge in [-0.15, -0.1) is 0 Å². The average Bonchev–Trinajstić information content (AvgIpc) is 2.82. The topological polar surface area (TPSA) is 89.8 Å². The third-order valence-corrected chi connectivity index (χ3v) is 4.77. The fourth-order valence-corrected chi connectivity index (χ4v) is 2.99. The number of carbonyl (C=O) groups excluding carboxylic acids is 1. The van der Waals surface area contributed by atoms with E-state index in [1.54, 1.807) is 39.5 Å². The lowest BCUT2D eigenvalue weighted by Crippen LogP contribution is -2.26. The first-order valence-electron chi connectivity index (χ1n) is 10.5. The summed E-state index contributed by atoms with van der Waals surface area (Å²) in [6.45, 7) is 3.03. The second kappa shape index (κ2) is 12.9. The molecule has 32 heavy (non-hydrogen) atoms. The van der Waals surface area contributed by atoms with Crippen molar-refractivity contribution in [3.63, 3.8) is 0 Å². The molecule has 1 amide bonds. The van der Waals surface area contributed by atoms with Crippen LogP contribution in [0.3, 0.4) is 0 Å². The molecule has 0 saturated carbocycles. The summed E-state index contributed by atoms with van der Waals surface area (Å²) in [4.78, 5) is 12.5. The molecule has 1 N–H and O–H groups in total. The van der Waals surface area contributed by atoms with Crippen molar-refractivity contribution in [2.45, 2.75) is 26.2 Å². The highest BCUT2D eigenvalue weighted by Gasteiger charge is 2.11. The quantitative estimate of drug-likeness (QED) is 0.304. The number of unbranched alkanes of at least 4 members (excludes halogenated alkanes) is 1. The van der Waals surface area contributed by atoms with Crippen molar-refractivity contribution in [2.75, 3.05) is 34.5 Å². The van der Waals surface area contributed by atoms with E-state index >= 15 is 0 Å². The molecular weight excluding hydrogens is 408 g/mol. The van der Waals surface area contributed by atoms with Crippen LogP contribution >= 0.6 is 0 Å². The van der Waals surface area contributed by atoms with Crippen LogP contribution in [0.5, 0.6) is 23.0 Å². The number of amides is 1. The number of nitrogens with one attached hydrogen (secondary N) is 1. The van der Waals surface area contributed by atoms with Crippen LogP contribution in [0.15, 0.2) is 42.0 Å². The third-order valence-electron chi connectivity index (χ3n) is 4.77. The highest BCUT2D eigenvalue weighted by molar-refractivity contribution is 6.01. The van der Waals surface area contributed by atoms with Gasteiger partial charge < -0.3 is 24.3 Å². The van der Waals surface area contributed by atoms with Gasteiger partial charge in [-0.2, -0.15) is 5.26 Å². The highest BCUT2D eigenvalue weighted by Crippen LogP contribution is 2.29. The summed E-state index contributed by atoms with van der Waals surface area (Å²) in [7, 11) is 4.73. The van der Waals surface area contributed by atoms with Crippen molar-refractivity contribution in [3.05, 3.63) is 53.1 Å². The van der Waals surface area contributed by atoms with Gasteiger partial charge in [-0.25, -0.2) is 0 Å². The van der Waals surface area contributed by atoms with Crippen molar-refractivity contribution in [1.82, 2.24) is 5.32 Å². The van der Waals surface area contributed by atoms with E-state index in [4.69, 9.17) is 18.9 Å². The fraction of sp³-hybridized carbons (Fsp3) is 0.360. The number of methoxy groups -OCH3 is 3. The van der Waals surface area contributed by atoms with Crippen LogP contribution in [-0.2, 0) is 11.2 Å². The van der Waals surface area contributed by atoms with E-state index in [1.807, 2.05) is 24.3 Å². The Morgan fingerprint density at radius 1 is 1.00 bits per heavy atom. The van der Waals surface area contributed by atoms with Gasteiger partial charge in [-0.1, -0.05) is 25.5 Å². The van der Waals surface area contributed by atoms with Crippen molar-refractivity contribution in [3.8, 4) is 29.1 Å². The SMILES string of the molecule is CCCCOc1cc(/C=C(\C#N)C(=O)NCCc2ccc(OC)c(OC)c2)ccc1OC. The molecule has 0 spiro atoms. The number of benzene rings is 2. The molecule has 0 saturated heterocycles. The molecule has 0 aromatic heterocycles. The summed E-state index contributed by atoms with van der Waals surface area (Å²) >= 11 is 0. The normalized spacial score (nSPS) is 10.8. The van der Waals surface area contributed by atoms with Gasteiger partial charge in [0.15, 0.2) is 23.0 Å². The van der Waals surface area contributed by atoms with Gasteiger partial charge in [0, 0.05) is 6.54 Å². The molecule has 0 aliphatic carbocycles. The number of rotatable bonds is 12. The molecule has 2 aromatic rings. The van der Waals surface area contributed by atoms with Crippen molar-refractivity contribution in [1.29, 1.82) is 5.26 Å². The maximum atomic E-state index is 12.5. The molecule has 0 aliphatic rings. The maximum absolute atomic E-state index is 12.5. The number of ether oxygens (including phenoxy) is 4. The lowest BCUT2D eigenvalue weighted by molar-refractivity contribution is -0.117. The smallest absolute Gasteiger partial charge is 0.261 e. The summed E-state index contributed by atoms with van der Waals surface area (Å²) in [6, 6.07) is 12.9. The molecule has 0 atom stereocenters. The number of nitriles is 1. The molecule has 0 fully saturated rings. The Morgan fingerprint density at radius 3 is 2.34 bits per heavy atom. The highest BCUT2D eigenvalue weighted by atomic mass is 16.5. The first kappa shape index (κ1) is 24.6. The van der Waals surface area contributed by atoms with Crippen LogP contribution in [0.25, 0.3) is 6.08 Å². The largest absolute Gasteiger partial charge is 0.493 e. The average molecular weight is 439 g/mol. The molecule has 0 bridgehead atoms. The van der Waals surface area contributed by atoms with E-state index in [9.17, 15) is 10.1 Å². The third kappa shape index (κ3) is 6.95. The van der Waals surface area contributed by atoms with Gasteiger partial charge in [0.05, 0.1) is 27.9 Å².